The van der Waals surface area contributed by atoms with Crippen molar-refractivity contribution in [2.75, 3.05) is 18.0 Å². The molecule has 3 heterocycles. The van der Waals surface area contributed by atoms with Crippen molar-refractivity contribution in [2.24, 2.45) is 5.73 Å². The third-order valence-corrected chi connectivity index (χ3v) is 5.11. The average Bonchev–Trinajstić information content (AvgIpc) is 2.96. The first-order valence-electron chi connectivity index (χ1n) is 9.15. The van der Waals surface area contributed by atoms with Gasteiger partial charge < -0.3 is 10.6 Å². The van der Waals surface area contributed by atoms with Gasteiger partial charge in [0.15, 0.2) is 5.65 Å². The molecule has 3 N–H and O–H groups in total. The molecule has 1 saturated heterocycles. The lowest BCUT2D eigenvalue weighted by molar-refractivity contribution is 0.506. The average molecular weight is 362 g/mol. The Hall–Kier alpha value is -3.11. The van der Waals surface area contributed by atoms with Gasteiger partial charge in [-0.2, -0.15) is 5.26 Å². The van der Waals surface area contributed by atoms with Crippen molar-refractivity contribution in [2.45, 2.75) is 32.4 Å². The number of rotatable bonds is 3. The largest absolute Gasteiger partial charge is 0.368 e. The highest BCUT2D eigenvalue weighted by Crippen LogP contribution is 2.28. The number of nitriles is 1. The van der Waals surface area contributed by atoms with E-state index in [0.29, 0.717) is 17.8 Å². The highest BCUT2D eigenvalue weighted by atomic mass is 16.1. The highest BCUT2D eigenvalue weighted by molar-refractivity contribution is 5.87. The van der Waals surface area contributed by atoms with E-state index in [0.717, 1.165) is 48.4 Å². The molecule has 27 heavy (non-hydrogen) atoms. The van der Waals surface area contributed by atoms with Gasteiger partial charge in [-0.05, 0) is 37.5 Å². The van der Waals surface area contributed by atoms with Gasteiger partial charge in [-0.15, -0.1) is 0 Å². The fourth-order valence-electron chi connectivity index (χ4n) is 3.83. The zero-order chi connectivity index (χ0) is 19.0. The molecule has 2 aromatic heterocycles. The summed E-state index contributed by atoms with van der Waals surface area (Å²) in [5.41, 5.74) is 10.5. The van der Waals surface area contributed by atoms with Gasteiger partial charge in [-0.3, -0.25) is 9.55 Å². The molecule has 1 fully saturated rings. The number of fused-ring (bicyclic) bond motifs is 1. The molecule has 0 amide bonds. The highest BCUT2D eigenvalue weighted by Gasteiger charge is 2.22. The van der Waals surface area contributed by atoms with Crippen LogP contribution in [0.3, 0.4) is 0 Å². The van der Waals surface area contributed by atoms with Gasteiger partial charge >= 0.3 is 5.69 Å². The van der Waals surface area contributed by atoms with Crippen LogP contribution < -0.4 is 16.3 Å². The Morgan fingerprint density at radius 1 is 1.41 bits per heavy atom. The maximum absolute atomic E-state index is 12.7. The number of hydrogen-bond donors (Lipinski definition) is 2. The van der Waals surface area contributed by atoms with Gasteiger partial charge in [0.25, 0.3) is 0 Å². The smallest absolute Gasteiger partial charge is 0.328 e. The molecule has 1 aliphatic heterocycles. The topological polar surface area (TPSA) is 104 Å². The number of aryl methyl sites for hydroxylation is 1. The van der Waals surface area contributed by atoms with E-state index < -0.39 is 0 Å². The molecule has 1 atom stereocenters. The summed E-state index contributed by atoms with van der Waals surface area (Å²) in [4.78, 5) is 22.3. The van der Waals surface area contributed by atoms with Gasteiger partial charge in [0, 0.05) is 24.8 Å². The molecule has 0 aliphatic carbocycles. The quantitative estimate of drug-likeness (QED) is 0.740. The summed E-state index contributed by atoms with van der Waals surface area (Å²) in [6, 6.07) is 11.7. The van der Waals surface area contributed by atoms with Gasteiger partial charge in [-0.1, -0.05) is 18.2 Å². The molecule has 4 rings (SSSR count). The fraction of sp³-hybridized carbons (Fsp3) is 0.350. The summed E-state index contributed by atoms with van der Waals surface area (Å²) >= 11 is 0. The number of anilines is 1. The van der Waals surface area contributed by atoms with E-state index in [-0.39, 0.29) is 11.7 Å². The van der Waals surface area contributed by atoms with Crippen molar-refractivity contribution >= 4 is 16.9 Å². The lowest BCUT2D eigenvalue weighted by Crippen LogP contribution is -2.43. The second kappa shape index (κ2) is 6.89. The van der Waals surface area contributed by atoms with E-state index in [1.165, 1.54) is 0 Å². The molecule has 0 bridgehead atoms. The minimum atomic E-state index is -0.224. The van der Waals surface area contributed by atoms with Crippen LogP contribution in [-0.4, -0.2) is 33.7 Å². The molecule has 1 aromatic carbocycles. The molecule has 7 nitrogen and oxygen atoms in total. The van der Waals surface area contributed by atoms with Crippen molar-refractivity contribution in [1.82, 2.24) is 14.5 Å². The molecule has 138 valence electrons. The van der Waals surface area contributed by atoms with Gasteiger partial charge in [-0.25, -0.2) is 9.78 Å². The zero-order valence-corrected chi connectivity index (χ0v) is 15.3. The van der Waals surface area contributed by atoms with Crippen LogP contribution in [0.25, 0.3) is 11.2 Å². The lowest BCUT2D eigenvalue weighted by Gasteiger charge is -2.33. The van der Waals surface area contributed by atoms with Crippen LogP contribution in [0.5, 0.6) is 0 Å². The van der Waals surface area contributed by atoms with E-state index in [1.807, 2.05) is 31.2 Å². The Kier molecular flexibility index (Phi) is 4.42. The molecule has 7 heteroatoms. The molecule has 0 saturated carbocycles. The summed E-state index contributed by atoms with van der Waals surface area (Å²) in [6.07, 6.45) is 2.04. The van der Waals surface area contributed by atoms with Crippen molar-refractivity contribution in [3.63, 3.8) is 0 Å². The van der Waals surface area contributed by atoms with Crippen molar-refractivity contribution in [1.29, 1.82) is 5.26 Å². The maximum Gasteiger partial charge on any atom is 0.328 e. The Labute approximate surface area is 157 Å². The number of benzene rings is 1. The molecule has 0 unspecified atom stereocenters. The van der Waals surface area contributed by atoms with Crippen LogP contribution in [0.15, 0.2) is 35.1 Å². The van der Waals surface area contributed by atoms with E-state index in [9.17, 15) is 10.1 Å². The number of piperidine rings is 1. The molecule has 0 radical (unpaired) electrons. The second-order valence-corrected chi connectivity index (χ2v) is 7.11. The second-order valence-electron chi connectivity index (χ2n) is 7.11. The Balaban J connectivity index is 1.87. The minimum Gasteiger partial charge on any atom is -0.368 e. The number of aromatic amines is 1. The first kappa shape index (κ1) is 17.3. The van der Waals surface area contributed by atoms with E-state index >= 15 is 0 Å². The van der Waals surface area contributed by atoms with Crippen LogP contribution in [-0.2, 0) is 6.54 Å². The lowest BCUT2D eigenvalue weighted by atomic mass is 10.1. The first-order valence-corrected chi connectivity index (χ1v) is 9.15. The summed E-state index contributed by atoms with van der Waals surface area (Å²) in [6.45, 7) is 3.90. The van der Waals surface area contributed by atoms with Crippen LogP contribution in [0.2, 0.25) is 0 Å². The number of nitrogens with zero attached hydrogens (tertiary/aromatic N) is 4. The number of hydrogen-bond acceptors (Lipinski definition) is 5. The first-order chi connectivity index (χ1) is 13.1. The third-order valence-electron chi connectivity index (χ3n) is 5.11. The number of H-pyrrole nitrogens is 1. The number of aromatic nitrogens is 3. The van der Waals surface area contributed by atoms with E-state index in [2.05, 4.69) is 20.9 Å². The van der Waals surface area contributed by atoms with Crippen molar-refractivity contribution < 1.29 is 0 Å². The maximum atomic E-state index is 12.7. The minimum absolute atomic E-state index is 0.126. The third kappa shape index (κ3) is 3.20. The normalized spacial score (nSPS) is 17.2. The standard InChI is InChI=1S/C20H22N6O/c1-13-9-17(25-8-4-7-16(22)12-25)18-19(23-13)24-20(27)26(18)11-15-6-3-2-5-14(15)10-21/h2-3,5-6,9,16H,4,7-8,11-12,22H2,1H3,(H,23,24,27)/t16-/m1/s1. The van der Waals surface area contributed by atoms with Crippen LogP contribution >= 0.6 is 0 Å². The SMILES string of the molecule is Cc1cc(N2CCC[C@@H](N)C2)c2c(n1)[nH]c(=O)n2Cc1ccccc1C#N. The zero-order valence-electron chi connectivity index (χ0n) is 15.3. The number of nitrogens with two attached hydrogens (primary N) is 1. The Morgan fingerprint density at radius 3 is 3.00 bits per heavy atom. The van der Waals surface area contributed by atoms with Gasteiger partial charge in [0.2, 0.25) is 0 Å². The Bertz CT molecular complexity index is 1090. The van der Waals surface area contributed by atoms with Crippen LogP contribution in [0.4, 0.5) is 5.69 Å². The molecule has 3 aromatic rings. The van der Waals surface area contributed by atoms with E-state index in [4.69, 9.17) is 5.73 Å². The van der Waals surface area contributed by atoms with Gasteiger partial charge in [0.1, 0.15) is 5.52 Å². The predicted molar refractivity (Wildman–Crippen MR) is 105 cm³/mol. The molecule has 1 aliphatic rings. The van der Waals surface area contributed by atoms with E-state index in [1.54, 1.807) is 10.6 Å². The molecule has 0 spiro atoms. The summed E-state index contributed by atoms with van der Waals surface area (Å²) < 4.78 is 1.67. The predicted octanol–water partition coefficient (Wildman–Crippen LogP) is 1.88. The van der Waals surface area contributed by atoms with Gasteiger partial charge in [0.05, 0.1) is 23.9 Å². The number of imidazole rings is 1. The monoisotopic (exact) mass is 362 g/mol. The van der Waals surface area contributed by atoms with Crippen molar-refractivity contribution in [3.05, 3.63) is 57.6 Å². The summed E-state index contributed by atoms with van der Waals surface area (Å²) in [5, 5.41) is 9.37. The fourth-order valence-corrected chi connectivity index (χ4v) is 3.83. The van der Waals surface area contributed by atoms with Crippen molar-refractivity contribution in [3.8, 4) is 6.07 Å². The number of pyridine rings is 1. The summed E-state index contributed by atoms with van der Waals surface area (Å²) in [5.74, 6) is 0. The Morgan fingerprint density at radius 2 is 2.22 bits per heavy atom. The molecular formula is C20H22N6O. The molecular weight excluding hydrogens is 340 g/mol. The number of nitrogens with one attached hydrogen (secondary N) is 1. The van der Waals surface area contributed by atoms with Crippen LogP contribution in [0, 0.1) is 18.3 Å². The van der Waals surface area contributed by atoms with Crippen LogP contribution in [0.1, 0.15) is 29.7 Å². The summed E-state index contributed by atoms with van der Waals surface area (Å²) in [7, 11) is 0.